The van der Waals surface area contributed by atoms with Gasteiger partial charge in [0, 0.05) is 5.38 Å². The number of aryl methyl sites for hydroxylation is 1. The van der Waals surface area contributed by atoms with E-state index >= 15 is 0 Å². The van der Waals surface area contributed by atoms with Gasteiger partial charge in [-0.15, -0.1) is 11.3 Å². The van der Waals surface area contributed by atoms with Crippen LogP contribution in [0.1, 0.15) is 24.0 Å². The standard InChI is InChI=1S/C17H21NO4S/c1-3-8-20-15-4-6-16(7-5-15)21-9-10-22-17(19)11-14-12-23-13(2)18-14/h4-7,12H,3,8-11H2,1-2H3. The lowest BCUT2D eigenvalue weighted by atomic mass is 10.3. The maximum absolute atomic E-state index is 11.6. The predicted octanol–water partition coefficient (Wildman–Crippen LogP) is 3.41. The van der Waals surface area contributed by atoms with Gasteiger partial charge in [-0.05, 0) is 37.6 Å². The first-order valence-corrected chi connectivity index (χ1v) is 8.47. The molecule has 0 bridgehead atoms. The third-order valence-corrected chi connectivity index (χ3v) is 3.73. The number of ether oxygens (including phenoxy) is 3. The number of esters is 1. The number of aromatic nitrogens is 1. The van der Waals surface area contributed by atoms with Crippen LogP contribution in [0.4, 0.5) is 0 Å². The van der Waals surface area contributed by atoms with Crippen LogP contribution in [-0.4, -0.2) is 30.8 Å². The van der Waals surface area contributed by atoms with Gasteiger partial charge in [-0.2, -0.15) is 0 Å². The smallest absolute Gasteiger partial charge is 0.312 e. The summed E-state index contributed by atoms with van der Waals surface area (Å²) < 4.78 is 16.1. The van der Waals surface area contributed by atoms with Gasteiger partial charge < -0.3 is 14.2 Å². The Kier molecular flexibility index (Phi) is 6.87. The van der Waals surface area contributed by atoms with Crippen LogP contribution in [0.3, 0.4) is 0 Å². The molecule has 0 N–H and O–H groups in total. The molecule has 1 heterocycles. The van der Waals surface area contributed by atoms with Crippen LogP contribution < -0.4 is 9.47 Å². The van der Waals surface area contributed by atoms with Crippen LogP contribution in [0.2, 0.25) is 0 Å². The zero-order valence-corrected chi connectivity index (χ0v) is 14.2. The topological polar surface area (TPSA) is 57.7 Å². The summed E-state index contributed by atoms with van der Waals surface area (Å²) in [4.78, 5) is 15.9. The van der Waals surface area contributed by atoms with Crippen molar-refractivity contribution in [3.8, 4) is 11.5 Å². The molecular weight excluding hydrogens is 314 g/mol. The van der Waals surface area contributed by atoms with Crippen LogP contribution in [0.5, 0.6) is 11.5 Å². The summed E-state index contributed by atoms with van der Waals surface area (Å²) in [5.74, 6) is 1.26. The molecule has 0 spiro atoms. The molecule has 124 valence electrons. The van der Waals surface area contributed by atoms with E-state index in [4.69, 9.17) is 14.2 Å². The highest BCUT2D eigenvalue weighted by Gasteiger charge is 2.07. The summed E-state index contributed by atoms with van der Waals surface area (Å²) in [5, 5.41) is 2.82. The predicted molar refractivity (Wildman–Crippen MR) is 89.2 cm³/mol. The Bertz CT molecular complexity index is 609. The van der Waals surface area contributed by atoms with Crippen LogP contribution in [0.15, 0.2) is 29.6 Å². The summed E-state index contributed by atoms with van der Waals surface area (Å²) >= 11 is 1.52. The first-order valence-electron chi connectivity index (χ1n) is 7.59. The minimum absolute atomic E-state index is 0.202. The molecule has 0 aliphatic rings. The lowest BCUT2D eigenvalue weighted by Gasteiger charge is -2.08. The Morgan fingerprint density at radius 1 is 1.09 bits per heavy atom. The molecule has 0 aliphatic carbocycles. The fourth-order valence-corrected chi connectivity index (χ4v) is 2.47. The highest BCUT2D eigenvalue weighted by molar-refractivity contribution is 7.09. The largest absolute Gasteiger partial charge is 0.494 e. The van der Waals surface area contributed by atoms with E-state index in [1.54, 1.807) is 0 Å². The highest BCUT2D eigenvalue weighted by atomic mass is 32.1. The Morgan fingerprint density at radius 2 is 1.74 bits per heavy atom. The van der Waals surface area contributed by atoms with E-state index in [2.05, 4.69) is 11.9 Å². The van der Waals surface area contributed by atoms with Gasteiger partial charge in [-0.3, -0.25) is 4.79 Å². The van der Waals surface area contributed by atoms with Crippen molar-refractivity contribution in [1.82, 2.24) is 4.98 Å². The zero-order valence-electron chi connectivity index (χ0n) is 13.4. The summed E-state index contributed by atoms with van der Waals surface area (Å²) in [6.45, 7) is 5.21. The number of carbonyl (C=O) groups excluding carboxylic acids is 1. The molecule has 6 heteroatoms. The van der Waals surface area contributed by atoms with Crippen LogP contribution in [-0.2, 0) is 16.0 Å². The van der Waals surface area contributed by atoms with Crippen LogP contribution in [0, 0.1) is 6.92 Å². The quantitative estimate of drug-likeness (QED) is 0.519. The fourth-order valence-electron chi connectivity index (χ4n) is 1.86. The normalized spacial score (nSPS) is 10.3. The number of nitrogens with zero attached hydrogens (tertiary/aromatic N) is 1. The summed E-state index contributed by atoms with van der Waals surface area (Å²) in [7, 11) is 0. The van der Waals surface area contributed by atoms with E-state index in [0.717, 1.165) is 28.6 Å². The molecule has 2 aromatic rings. The average Bonchev–Trinajstić information content (AvgIpc) is 2.95. The van der Waals surface area contributed by atoms with Crippen molar-refractivity contribution in [2.24, 2.45) is 0 Å². The summed E-state index contributed by atoms with van der Waals surface area (Å²) in [6, 6.07) is 7.40. The van der Waals surface area contributed by atoms with Crippen molar-refractivity contribution in [2.45, 2.75) is 26.7 Å². The van der Waals surface area contributed by atoms with Gasteiger partial charge in [-0.1, -0.05) is 6.92 Å². The molecule has 0 radical (unpaired) electrons. The number of carbonyl (C=O) groups is 1. The van der Waals surface area contributed by atoms with Gasteiger partial charge >= 0.3 is 5.97 Å². The summed E-state index contributed by atoms with van der Waals surface area (Å²) in [6.07, 6.45) is 1.18. The Labute approximate surface area is 140 Å². The molecule has 0 saturated heterocycles. The SMILES string of the molecule is CCCOc1ccc(OCCOC(=O)Cc2csc(C)n2)cc1. The Hall–Kier alpha value is -2.08. The van der Waals surface area contributed by atoms with Crippen molar-refractivity contribution >= 4 is 17.3 Å². The number of hydrogen-bond donors (Lipinski definition) is 0. The van der Waals surface area contributed by atoms with Gasteiger partial charge in [0.1, 0.15) is 24.7 Å². The molecule has 0 aliphatic heterocycles. The van der Waals surface area contributed by atoms with Crippen LogP contribution >= 0.6 is 11.3 Å². The molecular formula is C17H21NO4S. The van der Waals surface area contributed by atoms with E-state index in [1.165, 1.54) is 11.3 Å². The number of benzene rings is 1. The molecule has 23 heavy (non-hydrogen) atoms. The maximum Gasteiger partial charge on any atom is 0.312 e. The molecule has 0 atom stereocenters. The minimum Gasteiger partial charge on any atom is -0.494 e. The van der Waals surface area contributed by atoms with Gasteiger partial charge in [-0.25, -0.2) is 4.98 Å². The molecule has 0 saturated carbocycles. The van der Waals surface area contributed by atoms with Gasteiger partial charge in [0.15, 0.2) is 0 Å². The molecule has 1 aromatic carbocycles. The monoisotopic (exact) mass is 335 g/mol. The summed E-state index contributed by atoms with van der Waals surface area (Å²) in [5.41, 5.74) is 0.751. The highest BCUT2D eigenvalue weighted by Crippen LogP contribution is 2.17. The van der Waals surface area contributed by atoms with E-state index in [0.29, 0.717) is 13.2 Å². The molecule has 5 nitrogen and oxygen atoms in total. The molecule has 0 unspecified atom stereocenters. The van der Waals surface area contributed by atoms with Crippen LogP contribution in [0.25, 0.3) is 0 Å². The van der Waals surface area contributed by atoms with Gasteiger partial charge in [0.25, 0.3) is 0 Å². The second kappa shape index (κ2) is 9.15. The fraction of sp³-hybridized carbons (Fsp3) is 0.412. The lowest BCUT2D eigenvalue weighted by molar-refractivity contribution is -0.143. The third-order valence-electron chi connectivity index (χ3n) is 2.90. The molecule has 2 rings (SSSR count). The van der Waals surface area contributed by atoms with E-state index in [1.807, 2.05) is 36.6 Å². The second-order valence-corrected chi connectivity index (χ2v) is 5.99. The van der Waals surface area contributed by atoms with Gasteiger partial charge in [0.2, 0.25) is 0 Å². The Morgan fingerprint density at radius 3 is 2.30 bits per heavy atom. The van der Waals surface area contributed by atoms with Crippen molar-refractivity contribution in [2.75, 3.05) is 19.8 Å². The Balaban J connectivity index is 1.63. The number of rotatable bonds is 9. The molecule has 1 aromatic heterocycles. The first kappa shape index (κ1) is 17.3. The second-order valence-electron chi connectivity index (χ2n) is 4.92. The maximum atomic E-state index is 11.6. The molecule has 0 fully saturated rings. The van der Waals surface area contributed by atoms with Crippen molar-refractivity contribution < 1.29 is 19.0 Å². The molecule has 0 amide bonds. The van der Waals surface area contributed by atoms with Crippen molar-refractivity contribution in [3.63, 3.8) is 0 Å². The zero-order chi connectivity index (χ0) is 16.5. The lowest BCUT2D eigenvalue weighted by Crippen LogP contribution is -2.14. The first-order chi connectivity index (χ1) is 11.2. The minimum atomic E-state index is -0.290. The van der Waals surface area contributed by atoms with Crippen molar-refractivity contribution in [1.29, 1.82) is 0 Å². The van der Waals surface area contributed by atoms with Gasteiger partial charge in [0.05, 0.1) is 23.7 Å². The van der Waals surface area contributed by atoms with E-state index in [-0.39, 0.29) is 19.0 Å². The van der Waals surface area contributed by atoms with E-state index < -0.39 is 0 Å². The van der Waals surface area contributed by atoms with E-state index in [9.17, 15) is 4.79 Å². The van der Waals surface area contributed by atoms with Crippen molar-refractivity contribution in [3.05, 3.63) is 40.3 Å². The third kappa shape index (κ3) is 6.28. The number of thiazole rings is 1. The average molecular weight is 335 g/mol. The number of hydrogen-bond acceptors (Lipinski definition) is 6.